The first-order valence-corrected chi connectivity index (χ1v) is 12.1. The Morgan fingerprint density at radius 3 is 2.00 bits per heavy atom. The number of nitrogens with zero attached hydrogens (tertiary/aromatic N) is 2. The van der Waals surface area contributed by atoms with E-state index in [1.807, 2.05) is 18.2 Å². The molecule has 1 aliphatic rings. The van der Waals surface area contributed by atoms with Gasteiger partial charge in [0.25, 0.3) is 11.8 Å². The molecule has 0 bridgehead atoms. The van der Waals surface area contributed by atoms with Crippen molar-refractivity contribution >= 4 is 17.5 Å². The summed E-state index contributed by atoms with van der Waals surface area (Å²) in [6.45, 7) is 6.35. The van der Waals surface area contributed by atoms with Crippen LogP contribution in [0.3, 0.4) is 0 Å². The van der Waals surface area contributed by atoms with Gasteiger partial charge in [-0.15, -0.1) is 0 Å². The van der Waals surface area contributed by atoms with Crippen molar-refractivity contribution in [1.29, 1.82) is 0 Å². The molecule has 188 valence electrons. The molecule has 36 heavy (non-hydrogen) atoms. The third-order valence-electron chi connectivity index (χ3n) is 6.50. The molecule has 2 atom stereocenters. The molecule has 0 spiro atoms. The number of nitrogens with one attached hydrogen (secondary N) is 2. The molecule has 1 heterocycles. The Kier molecular flexibility index (Phi) is 8.32. The minimum Gasteiger partial charge on any atom is -0.391 e. The van der Waals surface area contributed by atoms with Crippen LogP contribution in [0.15, 0.2) is 78.9 Å². The van der Waals surface area contributed by atoms with E-state index in [2.05, 4.69) is 63.6 Å². The number of anilines is 1. The number of carbonyl (C=O) groups excluding carboxylic acids is 2. The predicted molar refractivity (Wildman–Crippen MR) is 139 cm³/mol. The zero-order chi connectivity index (χ0) is 25.5. The van der Waals surface area contributed by atoms with Crippen molar-refractivity contribution in [1.82, 2.24) is 15.7 Å². The van der Waals surface area contributed by atoms with Gasteiger partial charge in [-0.2, -0.15) is 0 Å². The number of para-hydroxylation sites is 1. The second-order valence-electron chi connectivity index (χ2n) is 9.04. The lowest BCUT2D eigenvalue weighted by molar-refractivity contribution is -0.133. The van der Waals surface area contributed by atoms with Crippen LogP contribution >= 0.6 is 0 Å². The van der Waals surface area contributed by atoms with E-state index in [1.54, 1.807) is 12.1 Å². The molecule has 0 aromatic heterocycles. The number of amides is 2. The minimum absolute atomic E-state index is 0.349. The maximum absolute atomic E-state index is 12.5. The normalized spacial score (nSPS) is 15.7. The van der Waals surface area contributed by atoms with Crippen molar-refractivity contribution in [3.63, 3.8) is 0 Å². The highest BCUT2D eigenvalue weighted by molar-refractivity contribution is 5.97. The molecule has 1 fully saturated rings. The highest BCUT2D eigenvalue weighted by atomic mass is 16.5. The van der Waals surface area contributed by atoms with E-state index in [4.69, 9.17) is 5.21 Å². The summed E-state index contributed by atoms with van der Waals surface area (Å²) in [5.41, 5.74) is 6.35. The number of aliphatic hydroxyl groups excluding tert-OH is 1. The summed E-state index contributed by atoms with van der Waals surface area (Å²) in [5, 5.41) is 20.9. The first-order valence-electron chi connectivity index (χ1n) is 12.1. The smallest absolute Gasteiger partial charge is 0.268 e. The van der Waals surface area contributed by atoms with E-state index in [-0.39, 0.29) is 0 Å². The first kappa shape index (κ1) is 25.4. The van der Waals surface area contributed by atoms with Crippen molar-refractivity contribution in [3.8, 4) is 11.1 Å². The Morgan fingerprint density at radius 1 is 0.861 bits per heavy atom. The third-order valence-corrected chi connectivity index (χ3v) is 6.50. The number of aliphatic hydroxyl groups is 1. The number of benzene rings is 3. The molecular formula is C28H32N4O4. The van der Waals surface area contributed by atoms with Gasteiger partial charge in [-0.05, 0) is 47.9 Å². The van der Waals surface area contributed by atoms with Crippen molar-refractivity contribution in [2.75, 3.05) is 31.1 Å². The Bertz CT molecular complexity index is 1140. The first-order chi connectivity index (χ1) is 17.4. The summed E-state index contributed by atoms with van der Waals surface area (Å²) in [7, 11) is 0. The number of hydroxylamine groups is 1. The lowest BCUT2D eigenvalue weighted by atomic mass is 10.0. The topological polar surface area (TPSA) is 105 Å². The highest BCUT2D eigenvalue weighted by Gasteiger charge is 2.25. The zero-order valence-corrected chi connectivity index (χ0v) is 20.3. The molecule has 0 aliphatic carbocycles. The van der Waals surface area contributed by atoms with Gasteiger partial charge in [0, 0.05) is 44.0 Å². The SMILES string of the molecule is C[C@@H](O)[C@H](NC(=O)c1ccc(-c2ccc(CN3CCN(c4ccccc4)CC3)cc2)cc1)C(=O)NO. The number of carbonyl (C=O) groups is 2. The second kappa shape index (κ2) is 11.8. The van der Waals surface area contributed by atoms with E-state index < -0.39 is 24.0 Å². The Labute approximate surface area is 211 Å². The van der Waals surface area contributed by atoms with Gasteiger partial charge in [0.15, 0.2) is 0 Å². The van der Waals surface area contributed by atoms with Gasteiger partial charge in [0.1, 0.15) is 6.04 Å². The molecule has 4 rings (SSSR count). The van der Waals surface area contributed by atoms with E-state index in [0.29, 0.717) is 5.56 Å². The van der Waals surface area contributed by atoms with Gasteiger partial charge in [0.05, 0.1) is 6.10 Å². The Morgan fingerprint density at radius 2 is 1.44 bits per heavy atom. The minimum atomic E-state index is -1.25. The molecule has 0 radical (unpaired) electrons. The molecule has 0 unspecified atom stereocenters. The maximum Gasteiger partial charge on any atom is 0.268 e. The number of hydrogen-bond donors (Lipinski definition) is 4. The van der Waals surface area contributed by atoms with Crippen LogP contribution in [-0.2, 0) is 11.3 Å². The number of piperazine rings is 1. The van der Waals surface area contributed by atoms with Crippen LogP contribution in [0.25, 0.3) is 11.1 Å². The molecule has 4 N–H and O–H groups in total. The molecule has 3 aromatic carbocycles. The van der Waals surface area contributed by atoms with Crippen molar-refractivity contribution in [2.45, 2.75) is 25.6 Å². The van der Waals surface area contributed by atoms with Crippen LogP contribution in [0.5, 0.6) is 0 Å². The Hall–Kier alpha value is -3.72. The van der Waals surface area contributed by atoms with Crippen LogP contribution in [0.2, 0.25) is 0 Å². The Balaban J connectivity index is 1.32. The fourth-order valence-corrected chi connectivity index (χ4v) is 4.38. The van der Waals surface area contributed by atoms with Gasteiger partial charge >= 0.3 is 0 Å². The van der Waals surface area contributed by atoms with E-state index in [0.717, 1.165) is 43.9 Å². The van der Waals surface area contributed by atoms with Crippen LogP contribution in [-0.4, -0.2) is 65.4 Å². The fourth-order valence-electron chi connectivity index (χ4n) is 4.38. The standard InChI is InChI=1S/C28H32N4O4/c1-20(33)26(28(35)30-36)29-27(34)24-13-11-23(12-14-24)22-9-7-21(8-10-22)19-31-15-17-32(18-16-31)25-5-3-2-4-6-25/h2-14,20,26,33,36H,15-19H2,1H3,(H,29,34)(H,30,35)/t20-,26+/m1/s1. The van der Waals surface area contributed by atoms with Crippen LogP contribution in [0.1, 0.15) is 22.8 Å². The van der Waals surface area contributed by atoms with Crippen molar-refractivity contribution in [2.24, 2.45) is 0 Å². The predicted octanol–water partition coefficient (Wildman–Crippen LogP) is 2.66. The van der Waals surface area contributed by atoms with Crippen LogP contribution in [0.4, 0.5) is 5.69 Å². The third kappa shape index (κ3) is 6.28. The van der Waals surface area contributed by atoms with Crippen LogP contribution in [0, 0.1) is 0 Å². The summed E-state index contributed by atoms with van der Waals surface area (Å²) in [6, 6.07) is 24.7. The molecule has 8 heteroatoms. The molecule has 3 aromatic rings. The molecule has 8 nitrogen and oxygen atoms in total. The van der Waals surface area contributed by atoms with E-state index in [9.17, 15) is 14.7 Å². The van der Waals surface area contributed by atoms with Gasteiger partial charge in [-0.1, -0.05) is 54.6 Å². The monoisotopic (exact) mass is 488 g/mol. The van der Waals surface area contributed by atoms with Gasteiger partial charge in [0.2, 0.25) is 0 Å². The lowest BCUT2D eigenvalue weighted by Gasteiger charge is -2.36. The summed E-state index contributed by atoms with van der Waals surface area (Å²) >= 11 is 0. The largest absolute Gasteiger partial charge is 0.391 e. The molecular weight excluding hydrogens is 456 g/mol. The van der Waals surface area contributed by atoms with E-state index >= 15 is 0 Å². The summed E-state index contributed by atoms with van der Waals surface area (Å²) in [4.78, 5) is 29.0. The maximum atomic E-state index is 12.5. The zero-order valence-electron chi connectivity index (χ0n) is 20.3. The van der Waals surface area contributed by atoms with Gasteiger partial charge in [-0.3, -0.25) is 19.7 Å². The molecule has 1 saturated heterocycles. The summed E-state index contributed by atoms with van der Waals surface area (Å²) in [5.74, 6) is -1.40. The van der Waals surface area contributed by atoms with Crippen molar-refractivity contribution < 1.29 is 19.9 Å². The van der Waals surface area contributed by atoms with Crippen molar-refractivity contribution in [3.05, 3.63) is 90.0 Å². The quantitative estimate of drug-likeness (QED) is 0.287. The fraction of sp³-hybridized carbons (Fsp3) is 0.286. The van der Waals surface area contributed by atoms with Gasteiger partial charge < -0.3 is 15.3 Å². The molecule has 2 amide bonds. The average Bonchev–Trinajstić information content (AvgIpc) is 2.92. The summed E-state index contributed by atoms with van der Waals surface area (Å²) in [6.07, 6.45) is -1.16. The van der Waals surface area contributed by atoms with Gasteiger partial charge in [-0.25, -0.2) is 5.48 Å². The molecule has 0 saturated carbocycles. The highest BCUT2D eigenvalue weighted by Crippen LogP contribution is 2.22. The summed E-state index contributed by atoms with van der Waals surface area (Å²) < 4.78 is 0. The molecule has 1 aliphatic heterocycles. The number of hydrogen-bond acceptors (Lipinski definition) is 6. The van der Waals surface area contributed by atoms with Crippen LogP contribution < -0.4 is 15.7 Å². The second-order valence-corrected chi connectivity index (χ2v) is 9.04. The van der Waals surface area contributed by atoms with E-state index in [1.165, 1.54) is 23.7 Å². The number of rotatable bonds is 8. The average molecular weight is 489 g/mol. The lowest BCUT2D eigenvalue weighted by Crippen LogP contribution is -2.51.